The second kappa shape index (κ2) is 10.8. The molecule has 3 amide bonds. The minimum atomic E-state index is -0.904. The molecule has 0 saturated carbocycles. The molecule has 14 nitrogen and oxygen atoms in total. The number of aromatic hydroxyl groups is 1. The van der Waals surface area contributed by atoms with Gasteiger partial charge in [0.15, 0.2) is 6.61 Å². The van der Waals surface area contributed by atoms with Crippen LogP contribution in [0.5, 0.6) is 11.6 Å². The van der Waals surface area contributed by atoms with Crippen molar-refractivity contribution in [1.29, 1.82) is 0 Å². The summed E-state index contributed by atoms with van der Waals surface area (Å²) in [5, 5.41) is 18.3. The van der Waals surface area contributed by atoms with E-state index in [9.17, 15) is 29.1 Å². The molecule has 1 aromatic heterocycles. The van der Waals surface area contributed by atoms with Gasteiger partial charge in [-0.2, -0.15) is 5.10 Å². The van der Waals surface area contributed by atoms with E-state index in [1.54, 1.807) is 38.1 Å². The van der Waals surface area contributed by atoms with E-state index in [0.29, 0.717) is 11.3 Å². The smallest absolute Gasteiger partial charge is 0.338 e. The van der Waals surface area contributed by atoms with Gasteiger partial charge < -0.3 is 25.2 Å². The number of hydrogen-bond donors (Lipinski definition) is 6. The minimum Gasteiger partial charge on any atom is -0.494 e. The lowest BCUT2D eigenvalue weighted by atomic mass is 9.95. The number of hydrazone groups is 1. The van der Waals surface area contributed by atoms with Crippen LogP contribution in [0.3, 0.4) is 0 Å². The summed E-state index contributed by atoms with van der Waals surface area (Å²) >= 11 is 0. The largest absolute Gasteiger partial charge is 0.494 e. The average molecular weight is 486 g/mol. The number of benzene rings is 1. The standard InChI is InChI=1S/C21H22N6O8/c1-3-34-19(31)15-10(2)23-20(32)24-16(15)11-6-4-5-7-13(11)35-9-14(28)27-22-8-12-17(29)25-21(33)26-18(12)30/h4-8,16H,3,9H2,1-2H3,(H,27,28)(H2,23,24,32)(H3,25,26,29,30,33)/b22-8+. The van der Waals surface area contributed by atoms with Crippen molar-refractivity contribution in [2.45, 2.75) is 19.9 Å². The molecular weight excluding hydrogens is 464 g/mol. The lowest BCUT2D eigenvalue weighted by Gasteiger charge is -2.29. The first-order valence-corrected chi connectivity index (χ1v) is 10.3. The number of para-hydroxylation sites is 1. The Morgan fingerprint density at radius 2 is 1.94 bits per heavy atom. The molecule has 1 unspecified atom stereocenters. The van der Waals surface area contributed by atoms with Crippen LogP contribution in [-0.2, 0) is 14.3 Å². The highest BCUT2D eigenvalue weighted by Crippen LogP contribution is 2.33. The van der Waals surface area contributed by atoms with Crippen LogP contribution in [-0.4, -0.2) is 52.4 Å². The van der Waals surface area contributed by atoms with Crippen molar-refractivity contribution in [3.05, 3.63) is 67.5 Å². The number of rotatable bonds is 8. The zero-order chi connectivity index (χ0) is 25.5. The molecule has 0 bridgehead atoms. The Morgan fingerprint density at radius 1 is 1.20 bits per heavy atom. The van der Waals surface area contributed by atoms with Crippen LogP contribution in [0.4, 0.5) is 4.79 Å². The molecule has 0 saturated heterocycles. The molecule has 14 heteroatoms. The quantitative estimate of drug-likeness (QED) is 0.162. The average Bonchev–Trinajstić information content (AvgIpc) is 2.79. The lowest BCUT2D eigenvalue weighted by molar-refractivity contribution is -0.139. The number of carbonyl (C=O) groups excluding carboxylic acids is 3. The normalized spacial score (nSPS) is 15.4. The molecular formula is C21H22N6O8. The van der Waals surface area contributed by atoms with E-state index >= 15 is 0 Å². The van der Waals surface area contributed by atoms with Crippen LogP contribution >= 0.6 is 0 Å². The van der Waals surface area contributed by atoms with E-state index in [1.165, 1.54) is 0 Å². The number of hydrogen-bond acceptors (Lipinski definition) is 9. The van der Waals surface area contributed by atoms with Gasteiger partial charge in [-0.15, -0.1) is 0 Å². The molecule has 0 fully saturated rings. The Labute approximate surface area is 197 Å². The van der Waals surface area contributed by atoms with E-state index in [2.05, 4.69) is 21.2 Å². The summed E-state index contributed by atoms with van der Waals surface area (Å²) in [7, 11) is 0. The fourth-order valence-electron chi connectivity index (χ4n) is 3.21. The van der Waals surface area contributed by atoms with Gasteiger partial charge in [0.25, 0.3) is 11.5 Å². The third kappa shape index (κ3) is 5.93. The third-order valence-electron chi connectivity index (χ3n) is 4.69. The van der Waals surface area contributed by atoms with Crippen LogP contribution in [0.25, 0.3) is 0 Å². The molecule has 2 aromatic rings. The van der Waals surface area contributed by atoms with E-state index in [-0.39, 0.29) is 23.5 Å². The van der Waals surface area contributed by atoms with E-state index in [4.69, 9.17) is 9.47 Å². The van der Waals surface area contributed by atoms with Crippen LogP contribution in [0.15, 0.2) is 50.2 Å². The predicted octanol–water partition coefficient (Wildman–Crippen LogP) is -0.511. The minimum absolute atomic E-state index is 0.137. The number of H-pyrrole nitrogens is 2. The molecule has 0 aliphatic carbocycles. The fraction of sp³-hybridized carbons (Fsp3) is 0.238. The number of amides is 3. The number of carbonyl (C=O) groups is 3. The van der Waals surface area contributed by atoms with Gasteiger partial charge in [-0.1, -0.05) is 18.2 Å². The van der Waals surface area contributed by atoms with Crippen molar-refractivity contribution in [2.24, 2.45) is 5.10 Å². The highest BCUT2D eigenvalue weighted by atomic mass is 16.5. The summed E-state index contributed by atoms with van der Waals surface area (Å²) in [6.07, 6.45) is 0.847. The molecule has 1 aliphatic heterocycles. The second-order valence-electron chi connectivity index (χ2n) is 7.08. The lowest BCUT2D eigenvalue weighted by Crippen LogP contribution is -2.45. The Bertz CT molecular complexity index is 1330. The first-order chi connectivity index (χ1) is 16.7. The first-order valence-electron chi connectivity index (χ1n) is 10.3. The molecule has 1 aliphatic rings. The SMILES string of the molecule is CCOC(=O)C1=C(C)NC(=O)NC1c1ccccc1OCC(=O)N/N=C/c1c(O)[nH]c(=O)[nH]c1=O. The van der Waals surface area contributed by atoms with Crippen molar-refractivity contribution in [1.82, 2.24) is 26.0 Å². The van der Waals surface area contributed by atoms with Crippen molar-refractivity contribution in [3.63, 3.8) is 0 Å². The van der Waals surface area contributed by atoms with Gasteiger partial charge >= 0.3 is 17.7 Å². The summed E-state index contributed by atoms with van der Waals surface area (Å²) in [4.78, 5) is 63.4. The topological polar surface area (TPSA) is 204 Å². The molecule has 0 spiro atoms. The van der Waals surface area contributed by atoms with Gasteiger partial charge in [0.2, 0.25) is 5.88 Å². The van der Waals surface area contributed by atoms with Crippen molar-refractivity contribution < 1.29 is 29.0 Å². The van der Waals surface area contributed by atoms with E-state index in [0.717, 1.165) is 6.21 Å². The zero-order valence-corrected chi connectivity index (χ0v) is 18.6. The number of aromatic nitrogens is 2. The number of urea groups is 1. The summed E-state index contributed by atoms with van der Waals surface area (Å²) in [6.45, 7) is 2.85. The molecule has 6 N–H and O–H groups in total. The Morgan fingerprint density at radius 3 is 2.66 bits per heavy atom. The first kappa shape index (κ1) is 24.8. The molecule has 35 heavy (non-hydrogen) atoms. The maximum Gasteiger partial charge on any atom is 0.338 e. The van der Waals surface area contributed by atoms with Crippen LogP contribution in [0.2, 0.25) is 0 Å². The highest BCUT2D eigenvalue weighted by molar-refractivity contribution is 5.95. The summed E-state index contributed by atoms with van der Waals surface area (Å²) in [5.74, 6) is -1.84. The van der Waals surface area contributed by atoms with Crippen molar-refractivity contribution in [2.75, 3.05) is 13.2 Å². The molecule has 1 atom stereocenters. The molecule has 184 valence electrons. The molecule has 2 heterocycles. The number of aromatic amines is 2. The number of nitrogens with one attached hydrogen (secondary N) is 5. The maximum atomic E-state index is 12.5. The number of esters is 1. The van der Waals surface area contributed by atoms with Gasteiger partial charge in [-0.3, -0.25) is 19.6 Å². The van der Waals surface area contributed by atoms with Gasteiger partial charge in [0, 0.05) is 11.3 Å². The Kier molecular flexibility index (Phi) is 7.66. The zero-order valence-electron chi connectivity index (χ0n) is 18.6. The van der Waals surface area contributed by atoms with Gasteiger partial charge in [0.05, 0.1) is 24.4 Å². The van der Waals surface area contributed by atoms with Crippen LogP contribution in [0.1, 0.15) is 31.0 Å². The monoisotopic (exact) mass is 486 g/mol. The maximum absolute atomic E-state index is 12.5. The second-order valence-corrected chi connectivity index (χ2v) is 7.08. The van der Waals surface area contributed by atoms with Gasteiger partial charge in [-0.25, -0.2) is 19.8 Å². The number of nitrogens with zero attached hydrogens (tertiary/aromatic N) is 1. The third-order valence-corrected chi connectivity index (χ3v) is 4.69. The van der Waals surface area contributed by atoms with Crippen molar-refractivity contribution in [3.8, 4) is 11.6 Å². The number of allylic oxidation sites excluding steroid dienone is 1. The number of ether oxygens (including phenoxy) is 2. The van der Waals surface area contributed by atoms with E-state index in [1.807, 2.05) is 9.97 Å². The molecule has 1 aromatic carbocycles. The van der Waals surface area contributed by atoms with Crippen LogP contribution < -0.4 is 32.0 Å². The van der Waals surface area contributed by atoms with Gasteiger partial charge in [0.1, 0.15) is 11.3 Å². The van der Waals surface area contributed by atoms with Crippen LogP contribution in [0, 0.1) is 0 Å². The predicted molar refractivity (Wildman–Crippen MR) is 121 cm³/mol. The summed E-state index contributed by atoms with van der Waals surface area (Å²) < 4.78 is 10.7. The van der Waals surface area contributed by atoms with Crippen molar-refractivity contribution >= 4 is 24.1 Å². The highest BCUT2D eigenvalue weighted by Gasteiger charge is 2.33. The fourth-order valence-corrected chi connectivity index (χ4v) is 3.21. The Hall–Kier alpha value is -4.88. The van der Waals surface area contributed by atoms with E-state index < -0.39 is 47.7 Å². The summed E-state index contributed by atoms with van der Waals surface area (Å²) in [6, 6.07) is 5.07. The summed E-state index contributed by atoms with van der Waals surface area (Å²) in [5.41, 5.74) is 0.850. The molecule has 0 radical (unpaired) electrons. The molecule has 3 rings (SSSR count). The Balaban J connectivity index is 1.74. The van der Waals surface area contributed by atoms with Gasteiger partial charge in [-0.05, 0) is 19.9 Å².